The average molecular weight is 469 g/mol. The van der Waals surface area contributed by atoms with Crippen molar-refractivity contribution in [2.24, 2.45) is 0 Å². The van der Waals surface area contributed by atoms with Crippen LogP contribution in [0.25, 0.3) is 10.9 Å². The summed E-state index contributed by atoms with van der Waals surface area (Å²) in [5.74, 6) is 0.767. The highest BCUT2D eigenvalue weighted by Crippen LogP contribution is 2.26. The van der Waals surface area contributed by atoms with Gasteiger partial charge in [0.2, 0.25) is 10.0 Å². The van der Waals surface area contributed by atoms with Crippen molar-refractivity contribution in [3.63, 3.8) is 0 Å². The number of benzene rings is 3. The van der Waals surface area contributed by atoms with Crippen molar-refractivity contribution >= 4 is 32.5 Å². The molecule has 7 heteroatoms. The number of nitrogens with one attached hydrogen (secondary N) is 1. The minimum Gasteiger partial charge on any atom is -0.497 e. The summed E-state index contributed by atoms with van der Waals surface area (Å²) >= 11 is 5.97. The Morgan fingerprint density at radius 2 is 1.72 bits per heavy atom. The number of sulfonamides is 1. The van der Waals surface area contributed by atoms with Crippen LogP contribution >= 0.6 is 11.6 Å². The lowest BCUT2D eigenvalue weighted by Gasteiger charge is -2.22. The van der Waals surface area contributed by atoms with E-state index in [-0.39, 0.29) is 11.4 Å². The van der Waals surface area contributed by atoms with Gasteiger partial charge in [-0.1, -0.05) is 41.4 Å². The van der Waals surface area contributed by atoms with Crippen molar-refractivity contribution in [2.75, 3.05) is 13.7 Å². The summed E-state index contributed by atoms with van der Waals surface area (Å²) in [6, 6.07) is 20.1. The van der Waals surface area contributed by atoms with Crippen LogP contribution in [0.1, 0.15) is 16.7 Å². The number of fused-ring (bicyclic) bond motifs is 1. The Morgan fingerprint density at radius 3 is 2.41 bits per heavy atom. The molecule has 5 nitrogen and oxygen atoms in total. The normalized spacial score (nSPS) is 11.9. The van der Waals surface area contributed by atoms with Crippen molar-refractivity contribution in [2.45, 2.75) is 24.8 Å². The molecule has 0 fully saturated rings. The maximum absolute atomic E-state index is 13.5. The Morgan fingerprint density at radius 1 is 1.00 bits per heavy atom. The van der Waals surface area contributed by atoms with Crippen LogP contribution in [-0.2, 0) is 23.0 Å². The Balaban J connectivity index is 1.64. The number of aryl methyl sites for hydroxylation is 1. The molecule has 3 aromatic carbocycles. The third kappa shape index (κ3) is 4.83. The van der Waals surface area contributed by atoms with Crippen LogP contribution in [0.5, 0.6) is 5.75 Å². The lowest BCUT2D eigenvalue weighted by atomic mass is 10.1. The molecule has 1 heterocycles. The van der Waals surface area contributed by atoms with Gasteiger partial charge in [0.15, 0.2) is 0 Å². The first kappa shape index (κ1) is 22.4. The molecule has 32 heavy (non-hydrogen) atoms. The molecule has 0 unspecified atom stereocenters. The van der Waals surface area contributed by atoms with E-state index >= 15 is 0 Å². The van der Waals surface area contributed by atoms with E-state index in [0.717, 1.165) is 33.3 Å². The number of methoxy groups -OCH3 is 1. The molecule has 0 aliphatic heterocycles. The average Bonchev–Trinajstić information content (AvgIpc) is 3.20. The molecule has 1 aromatic heterocycles. The summed E-state index contributed by atoms with van der Waals surface area (Å²) in [7, 11) is -2.07. The second-order valence-corrected chi connectivity index (χ2v) is 10.1. The van der Waals surface area contributed by atoms with Crippen molar-refractivity contribution in [3.8, 4) is 5.75 Å². The van der Waals surface area contributed by atoms with Gasteiger partial charge in [-0.3, -0.25) is 0 Å². The van der Waals surface area contributed by atoms with E-state index in [4.69, 9.17) is 16.3 Å². The summed E-state index contributed by atoms with van der Waals surface area (Å²) in [6.45, 7) is 2.64. The van der Waals surface area contributed by atoms with Crippen LogP contribution in [-0.4, -0.2) is 31.4 Å². The summed E-state index contributed by atoms with van der Waals surface area (Å²) in [6.07, 6.45) is 2.49. The number of hydrogen-bond donors (Lipinski definition) is 1. The largest absolute Gasteiger partial charge is 0.497 e. The number of aromatic amines is 1. The summed E-state index contributed by atoms with van der Waals surface area (Å²) in [4.78, 5) is 3.49. The van der Waals surface area contributed by atoms with Crippen LogP contribution in [0, 0.1) is 6.92 Å². The first-order chi connectivity index (χ1) is 15.4. The first-order valence-electron chi connectivity index (χ1n) is 10.3. The summed E-state index contributed by atoms with van der Waals surface area (Å²) < 4.78 is 33.9. The van der Waals surface area contributed by atoms with E-state index in [2.05, 4.69) is 4.98 Å². The van der Waals surface area contributed by atoms with Gasteiger partial charge < -0.3 is 9.72 Å². The molecule has 0 aliphatic carbocycles. The SMILES string of the molecule is COc1ccc2[nH]cc(CCN(Cc3ccc(C)cc3)S(=O)(=O)c3ccc(Cl)cc3)c2c1. The predicted octanol–water partition coefficient (Wildman–Crippen LogP) is 5.57. The smallest absolute Gasteiger partial charge is 0.243 e. The lowest BCUT2D eigenvalue weighted by Crippen LogP contribution is -2.32. The second kappa shape index (κ2) is 9.36. The molecule has 4 aromatic rings. The molecule has 0 atom stereocenters. The van der Waals surface area contributed by atoms with Crippen molar-refractivity contribution in [3.05, 3.63) is 94.6 Å². The van der Waals surface area contributed by atoms with Crippen molar-refractivity contribution in [1.29, 1.82) is 0 Å². The van der Waals surface area contributed by atoms with Crippen LogP contribution in [0.15, 0.2) is 77.8 Å². The van der Waals surface area contributed by atoms with Crippen molar-refractivity contribution < 1.29 is 13.2 Å². The van der Waals surface area contributed by atoms with Gasteiger partial charge in [-0.05, 0) is 66.9 Å². The van der Waals surface area contributed by atoms with Crippen molar-refractivity contribution in [1.82, 2.24) is 9.29 Å². The number of nitrogens with zero attached hydrogens (tertiary/aromatic N) is 1. The minimum absolute atomic E-state index is 0.231. The van der Waals surface area contributed by atoms with Gasteiger partial charge in [0.1, 0.15) is 5.75 Å². The van der Waals surface area contributed by atoms with Gasteiger partial charge in [0.05, 0.1) is 12.0 Å². The molecule has 166 valence electrons. The van der Waals surface area contributed by atoms with Gasteiger partial charge >= 0.3 is 0 Å². The minimum atomic E-state index is -3.71. The maximum atomic E-state index is 13.5. The topological polar surface area (TPSA) is 62.4 Å². The first-order valence-corrected chi connectivity index (χ1v) is 12.1. The summed E-state index contributed by atoms with van der Waals surface area (Å²) in [5, 5.41) is 1.53. The zero-order chi connectivity index (χ0) is 22.7. The molecule has 4 rings (SSSR count). The third-order valence-electron chi connectivity index (χ3n) is 5.54. The van der Waals surface area contributed by atoms with Crippen LogP contribution in [0.3, 0.4) is 0 Å². The fourth-order valence-electron chi connectivity index (χ4n) is 3.67. The Kier molecular flexibility index (Phi) is 6.55. The second-order valence-electron chi connectivity index (χ2n) is 7.75. The number of ether oxygens (including phenoxy) is 1. The number of aromatic nitrogens is 1. The summed E-state index contributed by atoms with van der Waals surface area (Å²) in [5.41, 5.74) is 4.10. The predicted molar refractivity (Wildman–Crippen MR) is 129 cm³/mol. The molecular formula is C25H25ClN2O3S. The van der Waals surface area contributed by atoms with Crippen LogP contribution in [0.4, 0.5) is 0 Å². The fraction of sp³-hybridized carbons (Fsp3) is 0.200. The van der Waals surface area contributed by atoms with E-state index < -0.39 is 10.0 Å². The number of halogens is 1. The van der Waals surface area contributed by atoms with E-state index in [0.29, 0.717) is 18.0 Å². The molecule has 0 saturated carbocycles. The van der Waals surface area contributed by atoms with Gasteiger partial charge in [-0.2, -0.15) is 4.31 Å². The highest BCUT2D eigenvalue weighted by molar-refractivity contribution is 7.89. The highest BCUT2D eigenvalue weighted by Gasteiger charge is 2.25. The number of hydrogen-bond acceptors (Lipinski definition) is 3. The molecule has 0 saturated heterocycles. The van der Waals surface area contributed by atoms with E-state index in [1.54, 1.807) is 31.4 Å². The quantitative estimate of drug-likeness (QED) is 0.367. The van der Waals surface area contributed by atoms with Gasteiger partial charge in [-0.25, -0.2) is 8.42 Å². The van der Waals surface area contributed by atoms with Gasteiger partial charge in [-0.15, -0.1) is 0 Å². The van der Waals surface area contributed by atoms with Crippen LogP contribution in [0.2, 0.25) is 5.02 Å². The van der Waals surface area contributed by atoms with Gasteiger partial charge in [0.25, 0.3) is 0 Å². The standard InChI is InChI=1S/C25H25ClN2O3S/c1-18-3-5-19(6-4-18)17-28(32(29,30)23-10-7-21(26)8-11-23)14-13-20-16-27-25-12-9-22(31-2)15-24(20)25/h3-12,15-16,27H,13-14,17H2,1-2H3. The molecular weight excluding hydrogens is 444 g/mol. The zero-order valence-corrected chi connectivity index (χ0v) is 19.6. The maximum Gasteiger partial charge on any atom is 0.243 e. The molecule has 0 spiro atoms. The fourth-order valence-corrected chi connectivity index (χ4v) is 5.23. The Bertz CT molecular complexity index is 1310. The Labute approximate surface area is 193 Å². The molecule has 0 bridgehead atoms. The zero-order valence-electron chi connectivity index (χ0n) is 18.0. The lowest BCUT2D eigenvalue weighted by molar-refractivity contribution is 0.409. The Hall–Kier alpha value is -2.80. The van der Waals surface area contributed by atoms with E-state index in [1.807, 2.05) is 55.6 Å². The third-order valence-corrected chi connectivity index (χ3v) is 7.65. The number of H-pyrrole nitrogens is 1. The monoisotopic (exact) mass is 468 g/mol. The van der Waals surface area contributed by atoms with E-state index in [9.17, 15) is 8.42 Å². The molecule has 0 amide bonds. The van der Waals surface area contributed by atoms with E-state index in [1.165, 1.54) is 4.31 Å². The van der Waals surface area contributed by atoms with Gasteiger partial charge in [0, 0.05) is 35.2 Å². The molecule has 0 radical (unpaired) electrons. The highest BCUT2D eigenvalue weighted by atomic mass is 35.5. The number of rotatable bonds is 8. The van der Waals surface area contributed by atoms with Crippen LogP contribution < -0.4 is 4.74 Å². The molecule has 1 N–H and O–H groups in total. The molecule has 0 aliphatic rings.